The normalized spacial score (nSPS) is 10.9. The molecule has 6 nitrogen and oxygen atoms in total. The van der Waals surface area contributed by atoms with E-state index in [9.17, 15) is 9.59 Å². The lowest BCUT2D eigenvalue weighted by Crippen LogP contribution is -2.31. The van der Waals surface area contributed by atoms with Crippen LogP contribution in [0.3, 0.4) is 0 Å². The average molecular weight is 394 g/mol. The minimum atomic E-state index is -0.254. The van der Waals surface area contributed by atoms with Gasteiger partial charge < -0.3 is 19.8 Å². The summed E-state index contributed by atoms with van der Waals surface area (Å²) in [6, 6.07) is 15.1. The van der Waals surface area contributed by atoms with Crippen molar-refractivity contribution < 1.29 is 14.3 Å². The topological polar surface area (TPSA) is 80.4 Å². The van der Waals surface area contributed by atoms with Gasteiger partial charge in [0.05, 0.1) is 7.11 Å². The van der Waals surface area contributed by atoms with Crippen LogP contribution in [0, 0.1) is 0 Å². The van der Waals surface area contributed by atoms with Crippen LogP contribution < -0.4 is 20.3 Å². The summed E-state index contributed by atoms with van der Waals surface area (Å²) in [4.78, 5) is 27.3. The lowest BCUT2D eigenvalue weighted by molar-refractivity contribution is -0.123. The van der Waals surface area contributed by atoms with Gasteiger partial charge in [-0.1, -0.05) is 32.0 Å². The van der Waals surface area contributed by atoms with Gasteiger partial charge in [0, 0.05) is 17.6 Å². The van der Waals surface area contributed by atoms with Gasteiger partial charge in [0.15, 0.2) is 18.1 Å². The number of ether oxygens (including phenoxy) is 2. The van der Waals surface area contributed by atoms with Crippen LogP contribution in [0.1, 0.15) is 30.9 Å². The summed E-state index contributed by atoms with van der Waals surface area (Å²) in [7, 11) is 1.55. The standard InChI is InChI=1S/C23H26N2O4/c1-15(2)16-8-9-19-18(12-16)13-17(23(27)25-19)10-11-24-22(26)14-29-21-7-5-4-6-20(21)28-3/h4-9,12-13,15H,10-11,14H2,1-3H3,(H,24,26)(H,25,27). The lowest BCUT2D eigenvalue weighted by Gasteiger charge is -2.11. The molecule has 1 heterocycles. The van der Waals surface area contributed by atoms with Crippen molar-refractivity contribution in [1.82, 2.24) is 10.3 Å². The van der Waals surface area contributed by atoms with Crippen molar-refractivity contribution in [2.24, 2.45) is 0 Å². The Balaban J connectivity index is 1.58. The van der Waals surface area contributed by atoms with Crippen molar-refractivity contribution in [1.29, 1.82) is 0 Å². The van der Waals surface area contributed by atoms with Gasteiger partial charge in [-0.2, -0.15) is 0 Å². The summed E-state index contributed by atoms with van der Waals surface area (Å²) >= 11 is 0. The van der Waals surface area contributed by atoms with E-state index in [0.29, 0.717) is 35.9 Å². The van der Waals surface area contributed by atoms with E-state index >= 15 is 0 Å². The Kier molecular flexibility index (Phi) is 6.54. The molecule has 1 aromatic heterocycles. The molecular formula is C23H26N2O4. The van der Waals surface area contributed by atoms with E-state index in [4.69, 9.17) is 9.47 Å². The summed E-state index contributed by atoms with van der Waals surface area (Å²) in [5.74, 6) is 1.24. The maximum atomic E-state index is 12.3. The van der Waals surface area contributed by atoms with Crippen LogP contribution >= 0.6 is 0 Å². The number of hydrogen-bond donors (Lipinski definition) is 2. The van der Waals surface area contributed by atoms with Crippen molar-refractivity contribution in [3.8, 4) is 11.5 Å². The van der Waals surface area contributed by atoms with Crippen molar-refractivity contribution in [3.63, 3.8) is 0 Å². The predicted octanol–water partition coefficient (Wildman–Crippen LogP) is 3.40. The number of aromatic amines is 1. The molecule has 0 saturated carbocycles. The minimum Gasteiger partial charge on any atom is -0.493 e. The van der Waals surface area contributed by atoms with E-state index in [1.165, 1.54) is 5.56 Å². The summed E-state index contributed by atoms with van der Waals surface area (Å²) in [5.41, 5.74) is 2.55. The van der Waals surface area contributed by atoms with E-state index in [2.05, 4.69) is 30.2 Å². The van der Waals surface area contributed by atoms with E-state index in [1.807, 2.05) is 30.3 Å². The van der Waals surface area contributed by atoms with Gasteiger partial charge in [-0.3, -0.25) is 9.59 Å². The number of amides is 1. The van der Waals surface area contributed by atoms with Crippen LogP contribution in [0.25, 0.3) is 10.9 Å². The number of nitrogens with one attached hydrogen (secondary N) is 2. The highest BCUT2D eigenvalue weighted by atomic mass is 16.5. The second-order valence-corrected chi connectivity index (χ2v) is 7.16. The molecule has 152 valence electrons. The van der Waals surface area contributed by atoms with Gasteiger partial charge in [0.1, 0.15) is 0 Å². The third-order valence-corrected chi connectivity index (χ3v) is 4.76. The minimum absolute atomic E-state index is 0.119. The largest absolute Gasteiger partial charge is 0.493 e. The number of rotatable bonds is 8. The second-order valence-electron chi connectivity index (χ2n) is 7.16. The first kappa shape index (κ1) is 20.5. The molecule has 0 atom stereocenters. The van der Waals surface area contributed by atoms with Crippen LogP contribution in [0.4, 0.5) is 0 Å². The Labute approximate surface area is 169 Å². The van der Waals surface area contributed by atoms with Gasteiger partial charge >= 0.3 is 0 Å². The molecule has 0 bridgehead atoms. The third-order valence-electron chi connectivity index (χ3n) is 4.76. The number of H-pyrrole nitrogens is 1. The van der Waals surface area contributed by atoms with Gasteiger partial charge in [0.25, 0.3) is 11.5 Å². The molecule has 0 fully saturated rings. The fourth-order valence-corrected chi connectivity index (χ4v) is 3.08. The second kappa shape index (κ2) is 9.28. The number of benzene rings is 2. The predicted molar refractivity (Wildman–Crippen MR) is 114 cm³/mol. The molecule has 29 heavy (non-hydrogen) atoms. The molecule has 0 spiro atoms. The summed E-state index contributed by atoms with van der Waals surface area (Å²) < 4.78 is 10.7. The van der Waals surface area contributed by atoms with Crippen molar-refractivity contribution in [3.05, 3.63) is 70.0 Å². The number of carbonyl (C=O) groups excluding carboxylic acids is 1. The Hall–Kier alpha value is -3.28. The number of aromatic nitrogens is 1. The van der Waals surface area contributed by atoms with Crippen LogP contribution in [0.2, 0.25) is 0 Å². The quantitative estimate of drug-likeness (QED) is 0.614. The lowest BCUT2D eigenvalue weighted by atomic mass is 10.0. The number of pyridine rings is 1. The Bertz CT molecular complexity index is 1060. The fraction of sp³-hybridized carbons (Fsp3) is 0.304. The highest BCUT2D eigenvalue weighted by molar-refractivity contribution is 5.80. The van der Waals surface area contributed by atoms with Crippen LogP contribution in [-0.2, 0) is 11.2 Å². The molecule has 6 heteroatoms. The maximum absolute atomic E-state index is 12.3. The molecule has 2 N–H and O–H groups in total. The first-order chi connectivity index (χ1) is 14.0. The van der Waals surface area contributed by atoms with E-state index in [0.717, 1.165) is 10.9 Å². The Morgan fingerprint density at radius 3 is 2.59 bits per heavy atom. The highest BCUT2D eigenvalue weighted by Crippen LogP contribution is 2.25. The van der Waals surface area contributed by atoms with Crippen LogP contribution in [0.15, 0.2) is 53.3 Å². The monoisotopic (exact) mass is 394 g/mol. The highest BCUT2D eigenvalue weighted by Gasteiger charge is 2.09. The Morgan fingerprint density at radius 1 is 1.10 bits per heavy atom. The zero-order valence-electron chi connectivity index (χ0n) is 17.0. The van der Waals surface area contributed by atoms with Crippen molar-refractivity contribution >= 4 is 16.8 Å². The molecule has 3 aromatic rings. The van der Waals surface area contributed by atoms with Gasteiger partial charge in [-0.25, -0.2) is 0 Å². The number of para-hydroxylation sites is 2. The van der Waals surface area contributed by atoms with E-state index in [-0.39, 0.29) is 18.1 Å². The molecule has 0 unspecified atom stereocenters. The van der Waals surface area contributed by atoms with Crippen molar-refractivity contribution in [2.45, 2.75) is 26.2 Å². The molecule has 0 aliphatic rings. The first-order valence-corrected chi connectivity index (χ1v) is 9.66. The molecule has 3 rings (SSSR count). The van der Waals surface area contributed by atoms with Gasteiger partial charge in [0.2, 0.25) is 0 Å². The number of hydrogen-bond acceptors (Lipinski definition) is 4. The molecule has 0 radical (unpaired) electrons. The fourth-order valence-electron chi connectivity index (χ4n) is 3.08. The molecule has 0 saturated heterocycles. The smallest absolute Gasteiger partial charge is 0.257 e. The summed E-state index contributed by atoms with van der Waals surface area (Å²) in [6.45, 7) is 4.51. The molecule has 0 aliphatic carbocycles. The van der Waals surface area contributed by atoms with Gasteiger partial charge in [-0.15, -0.1) is 0 Å². The molecule has 2 aromatic carbocycles. The Morgan fingerprint density at radius 2 is 1.86 bits per heavy atom. The van der Waals surface area contributed by atoms with Crippen LogP contribution in [0.5, 0.6) is 11.5 Å². The number of carbonyl (C=O) groups is 1. The zero-order chi connectivity index (χ0) is 20.8. The van der Waals surface area contributed by atoms with Crippen molar-refractivity contribution in [2.75, 3.05) is 20.3 Å². The number of methoxy groups -OCH3 is 1. The van der Waals surface area contributed by atoms with Crippen LogP contribution in [-0.4, -0.2) is 31.2 Å². The maximum Gasteiger partial charge on any atom is 0.257 e. The summed E-state index contributed by atoms with van der Waals surface area (Å²) in [6.07, 6.45) is 0.442. The van der Waals surface area contributed by atoms with E-state index in [1.54, 1.807) is 19.2 Å². The summed E-state index contributed by atoms with van der Waals surface area (Å²) in [5, 5.41) is 3.78. The van der Waals surface area contributed by atoms with E-state index < -0.39 is 0 Å². The SMILES string of the molecule is COc1ccccc1OCC(=O)NCCc1cc2cc(C(C)C)ccc2[nH]c1=O. The van der Waals surface area contributed by atoms with Gasteiger partial charge in [-0.05, 0) is 53.6 Å². The zero-order valence-corrected chi connectivity index (χ0v) is 17.0. The average Bonchev–Trinajstić information content (AvgIpc) is 2.72. The number of fused-ring (bicyclic) bond motifs is 1. The first-order valence-electron chi connectivity index (χ1n) is 9.66. The molecule has 1 amide bonds. The third kappa shape index (κ3) is 5.16. The molecule has 0 aliphatic heterocycles. The molecular weight excluding hydrogens is 368 g/mol.